The average molecular weight is 378 g/mol. The molecule has 0 saturated carbocycles. The molecule has 2 aromatic rings. The number of esters is 1. The molecule has 0 radical (unpaired) electrons. The predicted molar refractivity (Wildman–Crippen MR) is 108 cm³/mol. The molecule has 1 aliphatic heterocycles. The Morgan fingerprint density at radius 1 is 1.23 bits per heavy atom. The van der Waals surface area contributed by atoms with Gasteiger partial charge in [-0.1, -0.05) is 26.7 Å². The van der Waals surface area contributed by atoms with Crippen LogP contribution in [0, 0.1) is 6.92 Å². The molecule has 0 unspecified atom stereocenters. The first-order chi connectivity index (χ1) is 12.7. The Bertz CT molecular complexity index is 685. The van der Waals surface area contributed by atoms with E-state index in [2.05, 4.69) is 10.3 Å². The van der Waals surface area contributed by atoms with Gasteiger partial charge in [-0.3, -0.25) is 0 Å². The molecule has 144 valence electrons. The van der Waals surface area contributed by atoms with Crippen molar-refractivity contribution in [1.29, 1.82) is 0 Å². The molecule has 1 saturated heterocycles. The summed E-state index contributed by atoms with van der Waals surface area (Å²) in [5.41, 5.74) is 2.65. The van der Waals surface area contributed by atoms with Crippen molar-refractivity contribution >= 4 is 22.4 Å². The van der Waals surface area contributed by atoms with Gasteiger partial charge in [0.05, 0.1) is 18.8 Å². The molecule has 5 nitrogen and oxygen atoms in total. The van der Waals surface area contributed by atoms with Gasteiger partial charge >= 0.3 is 5.97 Å². The van der Waals surface area contributed by atoms with Gasteiger partial charge in [-0.25, -0.2) is 9.78 Å². The molecule has 3 rings (SSSR count). The van der Waals surface area contributed by atoms with Gasteiger partial charge in [0.15, 0.2) is 5.13 Å². The summed E-state index contributed by atoms with van der Waals surface area (Å²) >= 11 is 1.70. The quantitative estimate of drug-likeness (QED) is 0.697. The molecule has 1 aliphatic rings. The molecule has 0 bridgehead atoms. The number of hydrogen-bond donors (Lipinski definition) is 0. The van der Waals surface area contributed by atoms with Gasteiger partial charge < -0.3 is 14.2 Å². The third kappa shape index (κ3) is 5.34. The van der Waals surface area contributed by atoms with Crippen LogP contribution in [0.3, 0.4) is 0 Å². The second-order valence-electron chi connectivity index (χ2n) is 6.27. The second-order valence-corrected chi connectivity index (χ2v) is 7.11. The number of aryl methyl sites for hydroxylation is 1. The van der Waals surface area contributed by atoms with Crippen LogP contribution < -0.4 is 4.90 Å². The molecule has 3 heterocycles. The molecule has 0 amide bonds. The number of nitrogens with zero attached hydrogens (tertiary/aromatic N) is 3. The van der Waals surface area contributed by atoms with E-state index >= 15 is 0 Å². The summed E-state index contributed by atoms with van der Waals surface area (Å²) in [7, 11) is 0. The van der Waals surface area contributed by atoms with E-state index < -0.39 is 0 Å². The number of ether oxygens (including phenoxy) is 1. The van der Waals surface area contributed by atoms with Crippen molar-refractivity contribution in [2.45, 2.75) is 59.9 Å². The first-order valence-electron chi connectivity index (χ1n) is 9.70. The number of carbonyl (C=O) groups is 1. The van der Waals surface area contributed by atoms with Crippen molar-refractivity contribution in [3.05, 3.63) is 34.6 Å². The van der Waals surface area contributed by atoms with Gasteiger partial charge in [0.2, 0.25) is 0 Å². The van der Waals surface area contributed by atoms with E-state index in [1.807, 2.05) is 44.5 Å². The molecular formula is C20H31N3O2S. The Morgan fingerprint density at radius 2 is 1.92 bits per heavy atom. The standard InChI is InChI=1S/C18H25N3O2S.C2H6/c1-3-23-17(22)16-10-14(2)11-21(16)12-15-13-24-18(19-15)20-8-6-4-5-7-9-20;1-2/h10-11,13H,3-9,12H2,1-2H3;1-2H3. The summed E-state index contributed by atoms with van der Waals surface area (Å²) in [5.74, 6) is -0.270. The minimum Gasteiger partial charge on any atom is -0.461 e. The van der Waals surface area contributed by atoms with Crippen molar-refractivity contribution < 1.29 is 9.53 Å². The number of aromatic nitrogens is 2. The minimum absolute atomic E-state index is 0.270. The highest BCUT2D eigenvalue weighted by atomic mass is 32.1. The monoisotopic (exact) mass is 377 g/mol. The van der Waals surface area contributed by atoms with E-state index in [4.69, 9.17) is 9.72 Å². The molecule has 0 aromatic carbocycles. The SMILES string of the molecule is CC.CCOC(=O)c1cc(C)cn1Cc1csc(N2CCCCCC2)n1. The number of thiazole rings is 1. The number of hydrogen-bond acceptors (Lipinski definition) is 5. The lowest BCUT2D eigenvalue weighted by molar-refractivity contribution is 0.0514. The number of rotatable bonds is 5. The Kier molecular flexibility index (Phi) is 8.16. The van der Waals surface area contributed by atoms with Gasteiger partial charge in [-0.15, -0.1) is 11.3 Å². The van der Waals surface area contributed by atoms with Gasteiger partial charge in [-0.05, 0) is 38.3 Å². The molecule has 0 atom stereocenters. The highest BCUT2D eigenvalue weighted by Gasteiger charge is 2.17. The van der Waals surface area contributed by atoms with Crippen LogP contribution in [0.5, 0.6) is 0 Å². The van der Waals surface area contributed by atoms with Crippen LogP contribution in [0.2, 0.25) is 0 Å². The number of anilines is 1. The summed E-state index contributed by atoms with van der Waals surface area (Å²) in [4.78, 5) is 19.3. The molecular weight excluding hydrogens is 346 g/mol. The van der Waals surface area contributed by atoms with Crippen LogP contribution >= 0.6 is 11.3 Å². The van der Waals surface area contributed by atoms with E-state index in [0.29, 0.717) is 18.8 Å². The minimum atomic E-state index is -0.270. The van der Waals surface area contributed by atoms with Gasteiger partial charge in [-0.2, -0.15) is 0 Å². The fourth-order valence-electron chi connectivity index (χ4n) is 3.11. The van der Waals surface area contributed by atoms with E-state index in [0.717, 1.165) is 29.5 Å². The Balaban J connectivity index is 0.00000117. The smallest absolute Gasteiger partial charge is 0.354 e. The summed E-state index contributed by atoms with van der Waals surface area (Å²) < 4.78 is 7.09. The molecule has 0 spiro atoms. The lowest BCUT2D eigenvalue weighted by atomic mass is 10.2. The highest BCUT2D eigenvalue weighted by Crippen LogP contribution is 2.24. The summed E-state index contributed by atoms with van der Waals surface area (Å²) in [5, 5.41) is 3.21. The summed E-state index contributed by atoms with van der Waals surface area (Å²) in [6, 6.07) is 1.88. The van der Waals surface area contributed by atoms with Gasteiger partial charge in [0.25, 0.3) is 0 Å². The van der Waals surface area contributed by atoms with E-state index in [9.17, 15) is 4.79 Å². The number of carbonyl (C=O) groups excluding carboxylic acids is 1. The van der Waals surface area contributed by atoms with E-state index in [1.54, 1.807) is 11.3 Å². The molecule has 2 aromatic heterocycles. The Labute approximate surface area is 161 Å². The normalized spacial score (nSPS) is 14.4. The van der Waals surface area contributed by atoms with Crippen LogP contribution in [0.15, 0.2) is 17.6 Å². The Morgan fingerprint density at radius 3 is 2.58 bits per heavy atom. The average Bonchev–Trinajstić information content (AvgIpc) is 3.15. The highest BCUT2D eigenvalue weighted by molar-refractivity contribution is 7.13. The summed E-state index contributed by atoms with van der Waals surface area (Å²) in [6.07, 6.45) is 7.12. The van der Waals surface area contributed by atoms with Crippen LogP contribution in [-0.4, -0.2) is 35.2 Å². The maximum absolute atomic E-state index is 12.1. The van der Waals surface area contributed by atoms with Crippen LogP contribution in [0.25, 0.3) is 0 Å². The third-order valence-corrected chi connectivity index (χ3v) is 5.22. The van der Waals surface area contributed by atoms with Crippen molar-refractivity contribution in [2.75, 3.05) is 24.6 Å². The van der Waals surface area contributed by atoms with Crippen molar-refractivity contribution in [2.24, 2.45) is 0 Å². The molecule has 1 fully saturated rings. The fourth-order valence-corrected chi connectivity index (χ4v) is 3.98. The van der Waals surface area contributed by atoms with Crippen LogP contribution in [-0.2, 0) is 11.3 Å². The van der Waals surface area contributed by atoms with Crippen LogP contribution in [0.1, 0.15) is 68.2 Å². The van der Waals surface area contributed by atoms with E-state index in [-0.39, 0.29) is 5.97 Å². The maximum Gasteiger partial charge on any atom is 0.354 e. The first-order valence-corrected chi connectivity index (χ1v) is 10.6. The van der Waals surface area contributed by atoms with Gasteiger partial charge in [0.1, 0.15) is 5.69 Å². The largest absolute Gasteiger partial charge is 0.461 e. The lowest BCUT2D eigenvalue weighted by Gasteiger charge is -2.18. The van der Waals surface area contributed by atoms with Crippen molar-refractivity contribution in [3.8, 4) is 0 Å². The third-order valence-electron chi connectivity index (χ3n) is 4.27. The molecule has 6 heteroatoms. The second kappa shape index (κ2) is 10.4. The van der Waals surface area contributed by atoms with Crippen molar-refractivity contribution in [1.82, 2.24) is 9.55 Å². The van der Waals surface area contributed by atoms with E-state index in [1.165, 1.54) is 25.7 Å². The first kappa shape index (κ1) is 20.5. The molecule has 26 heavy (non-hydrogen) atoms. The Hall–Kier alpha value is -1.82. The zero-order valence-electron chi connectivity index (χ0n) is 16.5. The maximum atomic E-state index is 12.1. The lowest BCUT2D eigenvalue weighted by Crippen LogP contribution is -2.23. The predicted octanol–water partition coefficient (Wildman–Crippen LogP) is 4.88. The topological polar surface area (TPSA) is 47.4 Å². The zero-order chi connectivity index (χ0) is 18.9. The van der Waals surface area contributed by atoms with Gasteiger partial charge in [0, 0.05) is 24.7 Å². The summed E-state index contributed by atoms with van der Waals surface area (Å²) in [6.45, 7) is 11.0. The molecule has 0 N–H and O–H groups in total. The zero-order valence-corrected chi connectivity index (χ0v) is 17.3. The molecule has 0 aliphatic carbocycles. The van der Waals surface area contributed by atoms with Crippen molar-refractivity contribution in [3.63, 3.8) is 0 Å². The van der Waals surface area contributed by atoms with Crippen LogP contribution in [0.4, 0.5) is 5.13 Å². The fraction of sp³-hybridized carbons (Fsp3) is 0.600.